The van der Waals surface area contributed by atoms with Crippen molar-refractivity contribution in [3.8, 4) is 23.3 Å². The summed E-state index contributed by atoms with van der Waals surface area (Å²) in [6, 6.07) is 11.3. The van der Waals surface area contributed by atoms with E-state index in [9.17, 15) is 10.1 Å². The van der Waals surface area contributed by atoms with Crippen LogP contribution < -0.4 is 19.5 Å². The second-order valence-corrected chi connectivity index (χ2v) is 9.87. The molecule has 0 aliphatic carbocycles. The average molecular weight is 541 g/mol. The molecule has 2 aromatic carbocycles. The van der Waals surface area contributed by atoms with Gasteiger partial charge in [0.1, 0.15) is 35.6 Å². The van der Waals surface area contributed by atoms with Crippen molar-refractivity contribution in [3.05, 3.63) is 62.6 Å². The maximum atomic E-state index is 12.6. The minimum absolute atomic E-state index is 0.118. The van der Waals surface area contributed by atoms with Gasteiger partial charge in [-0.2, -0.15) is 5.26 Å². The van der Waals surface area contributed by atoms with Crippen LogP contribution in [-0.4, -0.2) is 36.4 Å². The number of carbonyl (C=O) groups excluding carboxylic acids is 1. The lowest BCUT2D eigenvalue weighted by Gasteiger charge is -2.16. The predicted molar refractivity (Wildman–Crippen MR) is 146 cm³/mol. The molecule has 0 saturated carbocycles. The van der Waals surface area contributed by atoms with Gasteiger partial charge < -0.3 is 14.2 Å². The Kier molecular flexibility index (Phi) is 9.89. The molecule has 0 aliphatic heterocycles. The molecule has 37 heavy (non-hydrogen) atoms. The van der Waals surface area contributed by atoms with Crippen LogP contribution in [0.4, 0.5) is 5.13 Å². The molecule has 0 saturated heterocycles. The van der Waals surface area contributed by atoms with E-state index >= 15 is 0 Å². The molecule has 3 rings (SSSR count). The van der Waals surface area contributed by atoms with Gasteiger partial charge in [0.05, 0.1) is 12.1 Å². The second-order valence-electron chi connectivity index (χ2n) is 8.41. The summed E-state index contributed by atoms with van der Waals surface area (Å²) in [5.74, 6) is 1.29. The van der Waals surface area contributed by atoms with E-state index in [1.807, 2.05) is 26.0 Å². The zero-order valence-corrected chi connectivity index (χ0v) is 23.0. The molecule has 1 N–H and O–H groups in total. The summed E-state index contributed by atoms with van der Waals surface area (Å²) in [5, 5.41) is 21.4. The molecule has 1 amide bonds. The first kappa shape index (κ1) is 28.0. The van der Waals surface area contributed by atoms with E-state index in [-0.39, 0.29) is 17.2 Å². The lowest BCUT2D eigenvalue weighted by Crippen LogP contribution is -2.13. The number of carbonyl (C=O) groups is 1. The fourth-order valence-electron chi connectivity index (χ4n) is 3.43. The van der Waals surface area contributed by atoms with Gasteiger partial charge in [-0.25, -0.2) is 0 Å². The number of ether oxygens (including phenoxy) is 3. The molecule has 0 spiro atoms. The van der Waals surface area contributed by atoms with Gasteiger partial charge in [0, 0.05) is 0 Å². The van der Waals surface area contributed by atoms with Crippen LogP contribution in [0.5, 0.6) is 17.2 Å². The summed E-state index contributed by atoms with van der Waals surface area (Å²) >= 11 is 7.73. The summed E-state index contributed by atoms with van der Waals surface area (Å²) in [4.78, 5) is 12.6. The first-order valence-electron chi connectivity index (χ1n) is 11.7. The van der Waals surface area contributed by atoms with E-state index in [4.69, 9.17) is 25.8 Å². The van der Waals surface area contributed by atoms with Crippen molar-refractivity contribution in [1.29, 1.82) is 5.26 Å². The Hall–Kier alpha value is -3.61. The molecule has 0 radical (unpaired) electrons. The Morgan fingerprint density at radius 3 is 2.59 bits per heavy atom. The largest absolute Gasteiger partial charge is 0.493 e. The molecule has 10 heteroatoms. The van der Waals surface area contributed by atoms with Crippen LogP contribution in [0.3, 0.4) is 0 Å². The van der Waals surface area contributed by atoms with Gasteiger partial charge >= 0.3 is 0 Å². The van der Waals surface area contributed by atoms with Crippen LogP contribution >= 0.6 is 22.9 Å². The van der Waals surface area contributed by atoms with Crippen LogP contribution in [0.1, 0.15) is 48.4 Å². The first-order chi connectivity index (χ1) is 17.7. The number of rotatable bonds is 11. The van der Waals surface area contributed by atoms with Gasteiger partial charge in [-0.15, -0.1) is 10.2 Å². The van der Waals surface area contributed by atoms with Crippen molar-refractivity contribution in [3.63, 3.8) is 0 Å². The third kappa shape index (κ3) is 7.44. The normalized spacial score (nSPS) is 11.2. The first-order valence-corrected chi connectivity index (χ1v) is 12.9. The molecule has 194 valence electrons. The molecular weight excluding hydrogens is 512 g/mol. The smallest absolute Gasteiger partial charge is 0.268 e. The molecule has 0 unspecified atom stereocenters. The third-order valence-corrected chi connectivity index (χ3v) is 6.56. The lowest BCUT2D eigenvalue weighted by molar-refractivity contribution is -0.112. The number of nitriles is 1. The number of benzene rings is 2. The summed E-state index contributed by atoms with van der Waals surface area (Å²) in [5.41, 5.74) is 2.64. The van der Waals surface area contributed by atoms with Crippen molar-refractivity contribution >= 4 is 40.1 Å². The zero-order chi connectivity index (χ0) is 26.9. The Morgan fingerprint density at radius 1 is 1.19 bits per heavy atom. The maximum absolute atomic E-state index is 12.6. The number of halogens is 1. The summed E-state index contributed by atoms with van der Waals surface area (Å²) in [7, 11) is 1.49. The van der Waals surface area contributed by atoms with Gasteiger partial charge in [-0.3, -0.25) is 10.1 Å². The van der Waals surface area contributed by atoms with Gasteiger partial charge in [-0.1, -0.05) is 55.8 Å². The van der Waals surface area contributed by atoms with Crippen molar-refractivity contribution in [1.82, 2.24) is 10.2 Å². The van der Waals surface area contributed by atoms with Crippen LogP contribution in [0.25, 0.3) is 6.08 Å². The van der Waals surface area contributed by atoms with E-state index in [1.54, 1.807) is 12.1 Å². The number of aromatic nitrogens is 2. The minimum atomic E-state index is -0.592. The van der Waals surface area contributed by atoms with Gasteiger partial charge in [-0.05, 0) is 60.2 Å². The predicted octanol–water partition coefficient (Wildman–Crippen LogP) is 6.20. The Labute approximate surface area is 225 Å². The van der Waals surface area contributed by atoms with E-state index in [1.165, 1.54) is 24.5 Å². The molecule has 0 atom stereocenters. The quantitative estimate of drug-likeness (QED) is 0.175. The SMILES string of the molecule is CCc1nnc(NC(=O)C(C#N)=Cc2cc(Cl)c(OCCOc3cc(C)ccc3C(C)C)c(OC)c2)s1. The van der Waals surface area contributed by atoms with Gasteiger partial charge in [0.15, 0.2) is 11.5 Å². The monoisotopic (exact) mass is 540 g/mol. The number of nitrogens with zero attached hydrogens (tertiary/aromatic N) is 3. The van der Waals surface area contributed by atoms with Crippen molar-refractivity contribution in [2.45, 2.75) is 40.0 Å². The molecule has 0 fully saturated rings. The highest BCUT2D eigenvalue weighted by Gasteiger charge is 2.16. The van der Waals surface area contributed by atoms with Crippen LogP contribution in [-0.2, 0) is 11.2 Å². The van der Waals surface area contributed by atoms with E-state index in [0.29, 0.717) is 41.1 Å². The number of nitrogens with one attached hydrogen (secondary N) is 1. The van der Waals surface area contributed by atoms with Crippen molar-refractivity contribution in [2.24, 2.45) is 0 Å². The van der Waals surface area contributed by atoms with Crippen LogP contribution in [0.2, 0.25) is 5.02 Å². The summed E-state index contributed by atoms with van der Waals surface area (Å²) < 4.78 is 17.3. The number of methoxy groups -OCH3 is 1. The van der Waals surface area contributed by atoms with Crippen molar-refractivity contribution < 1.29 is 19.0 Å². The maximum Gasteiger partial charge on any atom is 0.268 e. The Morgan fingerprint density at radius 2 is 1.95 bits per heavy atom. The molecule has 8 nitrogen and oxygen atoms in total. The highest BCUT2D eigenvalue weighted by molar-refractivity contribution is 7.15. The van der Waals surface area contributed by atoms with Crippen LogP contribution in [0.15, 0.2) is 35.9 Å². The molecular formula is C27H29ClN4O4S. The average Bonchev–Trinajstić information content (AvgIpc) is 3.33. The van der Waals surface area contributed by atoms with E-state index in [2.05, 4.69) is 41.5 Å². The molecule has 1 heterocycles. The van der Waals surface area contributed by atoms with Crippen molar-refractivity contribution in [2.75, 3.05) is 25.6 Å². The summed E-state index contributed by atoms with van der Waals surface area (Å²) in [6.07, 6.45) is 2.13. The number of amides is 1. The summed E-state index contributed by atoms with van der Waals surface area (Å²) in [6.45, 7) is 8.76. The molecule has 3 aromatic rings. The highest BCUT2D eigenvalue weighted by atomic mass is 35.5. The molecule has 0 aliphatic rings. The van der Waals surface area contributed by atoms with Gasteiger partial charge in [0.25, 0.3) is 5.91 Å². The third-order valence-electron chi connectivity index (χ3n) is 5.30. The van der Waals surface area contributed by atoms with E-state index < -0.39 is 5.91 Å². The number of hydrogen-bond acceptors (Lipinski definition) is 8. The van der Waals surface area contributed by atoms with Crippen LogP contribution in [0, 0.1) is 18.3 Å². The number of hydrogen-bond donors (Lipinski definition) is 1. The molecule has 0 bridgehead atoms. The topological polar surface area (TPSA) is 106 Å². The number of anilines is 1. The Balaban J connectivity index is 1.70. The lowest BCUT2D eigenvalue weighted by atomic mass is 10.0. The zero-order valence-electron chi connectivity index (χ0n) is 21.4. The number of aryl methyl sites for hydroxylation is 2. The standard InChI is InChI=1S/C27H29ClN4O4S/c1-6-24-31-32-27(37-24)30-26(33)19(15-29)12-18-13-21(28)25(23(14-18)34-5)36-10-9-35-22-11-17(4)7-8-20(22)16(2)3/h7-8,11-14,16H,6,9-10H2,1-5H3,(H,30,32,33). The van der Waals surface area contributed by atoms with E-state index in [0.717, 1.165) is 21.9 Å². The Bertz CT molecular complexity index is 1330. The van der Waals surface area contributed by atoms with Gasteiger partial charge in [0.2, 0.25) is 5.13 Å². The fraction of sp³-hybridized carbons (Fsp3) is 0.333. The highest BCUT2D eigenvalue weighted by Crippen LogP contribution is 2.37. The molecule has 1 aromatic heterocycles. The minimum Gasteiger partial charge on any atom is -0.493 e. The second kappa shape index (κ2) is 13.1. The fourth-order valence-corrected chi connectivity index (χ4v) is 4.38.